The van der Waals surface area contributed by atoms with Crippen LogP contribution in [0.1, 0.15) is 17.7 Å². The summed E-state index contributed by atoms with van der Waals surface area (Å²) in [5.74, 6) is 1.01. The van der Waals surface area contributed by atoms with Gasteiger partial charge in [0.2, 0.25) is 0 Å². The van der Waals surface area contributed by atoms with E-state index in [1.165, 1.54) is 0 Å². The SMILES string of the molecule is Cc1cccc(OCC(=O)N(Cc2ccc(Br)o2)C2CCS(=O)(=O)C2)c1. The molecule has 1 saturated heterocycles. The van der Waals surface area contributed by atoms with Crippen LogP contribution >= 0.6 is 15.9 Å². The number of benzene rings is 1. The first kappa shape index (κ1) is 19.0. The quantitative estimate of drug-likeness (QED) is 0.688. The summed E-state index contributed by atoms with van der Waals surface area (Å²) in [7, 11) is -3.11. The molecule has 0 saturated carbocycles. The number of hydrogen-bond donors (Lipinski definition) is 0. The van der Waals surface area contributed by atoms with Gasteiger partial charge in [0.15, 0.2) is 21.1 Å². The number of hydrogen-bond acceptors (Lipinski definition) is 5. The second-order valence-electron chi connectivity index (χ2n) is 6.39. The zero-order valence-electron chi connectivity index (χ0n) is 14.4. The summed E-state index contributed by atoms with van der Waals surface area (Å²) in [6.45, 7) is 2.00. The third kappa shape index (κ3) is 4.88. The zero-order chi connectivity index (χ0) is 18.7. The maximum Gasteiger partial charge on any atom is 0.261 e. The van der Waals surface area contributed by atoms with Crippen molar-refractivity contribution in [1.29, 1.82) is 0 Å². The van der Waals surface area contributed by atoms with Crippen LogP contribution in [0.5, 0.6) is 5.75 Å². The van der Waals surface area contributed by atoms with Crippen molar-refractivity contribution in [3.63, 3.8) is 0 Å². The molecule has 3 rings (SSSR count). The van der Waals surface area contributed by atoms with Crippen molar-refractivity contribution < 1.29 is 22.4 Å². The van der Waals surface area contributed by atoms with Gasteiger partial charge >= 0.3 is 0 Å². The number of sulfone groups is 1. The highest BCUT2D eigenvalue weighted by atomic mass is 79.9. The van der Waals surface area contributed by atoms with E-state index in [1.807, 2.05) is 25.1 Å². The summed E-state index contributed by atoms with van der Waals surface area (Å²) in [5.41, 5.74) is 1.04. The number of carbonyl (C=O) groups excluding carboxylic acids is 1. The summed E-state index contributed by atoms with van der Waals surface area (Å²) in [6.07, 6.45) is 0.431. The van der Waals surface area contributed by atoms with E-state index < -0.39 is 9.84 Å². The largest absolute Gasteiger partial charge is 0.484 e. The van der Waals surface area contributed by atoms with Crippen molar-refractivity contribution in [3.05, 3.63) is 52.4 Å². The van der Waals surface area contributed by atoms with Crippen molar-refractivity contribution >= 4 is 31.7 Å². The Bertz CT molecular complexity index is 892. The number of rotatable bonds is 6. The van der Waals surface area contributed by atoms with Gasteiger partial charge in [-0.2, -0.15) is 0 Å². The molecule has 0 N–H and O–H groups in total. The molecule has 0 spiro atoms. The second-order valence-corrected chi connectivity index (χ2v) is 9.40. The maximum absolute atomic E-state index is 12.8. The van der Waals surface area contributed by atoms with Crippen LogP contribution in [0.15, 0.2) is 45.5 Å². The fourth-order valence-corrected chi connectivity index (χ4v) is 5.05. The van der Waals surface area contributed by atoms with Gasteiger partial charge < -0.3 is 14.1 Å². The molecule has 8 heteroatoms. The van der Waals surface area contributed by atoms with Crippen molar-refractivity contribution in [2.24, 2.45) is 0 Å². The lowest BCUT2D eigenvalue weighted by Crippen LogP contribution is -2.43. The van der Waals surface area contributed by atoms with E-state index in [0.717, 1.165) is 5.56 Å². The second kappa shape index (κ2) is 7.84. The molecule has 0 radical (unpaired) electrons. The Morgan fingerprint density at radius 2 is 2.15 bits per heavy atom. The summed E-state index contributed by atoms with van der Waals surface area (Å²) in [4.78, 5) is 14.3. The number of furan rings is 1. The molecule has 1 aromatic heterocycles. The highest BCUT2D eigenvalue weighted by molar-refractivity contribution is 9.10. The van der Waals surface area contributed by atoms with Crippen LogP contribution in [-0.4, -0.2) is 43.4 Å². The van der Waals surface area contributed by atoms with Crippen LogP contribution in [0.4, 0.5) is 0 Å². The smallest absolute Gasteiger partial charge is 0.261 e. The fourth-order valence-electron chi connectivity index (χ4n) is 2.98. The van der Waals surface area contributed by atoms with Crippen molar-refractivity contribution in [2.45, 2.75) is 25.9 Å². The number of aryl methyl sites for hydroxylation is 1. The average molecular weight is 442 g/mol. The topological polar surface area (TPSA) is 76.8 Å². The molecule has 0 aliphatic carbocycles. The maximum atomic E-state index is 12.8. The van der Waals surface area contributed by atoms with E-state index in [9.17, 15) is 13.2 Å². The Kier molecular flexibility index (Phi) is 5.72. The Labute approximate surface area is 161 Å². The molecule has 1 aliphatic rings. The molecule has 1 atom stereocenters. The first-order valence-electron chi connectivity index (χ1n) is 8.26. The van der Waals surface area contributed by atoms with Gasteiger partial charge in [-0.05, 0) is 59.1 Å². The zero-order valence-corrected chi connectivity index (χ0v) is 16.8. The number of amides is 1. The lowest BCUT2D eigenvalue weighted by atomic mass is 10.2. The van der Waals surface area contributed by atoms with Crippen LogP contribution in [-0.2, 0) is 21.2 Å². The third-order valence-electron chi connectivity index (χ3n) is 4.28. The minimum atomic E-state index is -3.11. The van der Waals surface area contributed by atoms with Gasteiger partial charge in [0.05, 0.1) is 18.1 Å². The van der Waals surface area contributed by atoms with Crippen LogP contribution in [0, 0.1) is 6.92 Å². The fraction of sp³-hybridized carbons (Fsp3) is 0.389. The van der Waals surface area contributed by atoms with Crippen molar-refractivity contribution in [3.8, 4) is 5.75 Å². The lowest BCUT2D eigenvalue weighted by molar-refractivity contribution is -0.136. The minimum absolute atomic E-state index is 0.0228. The third-order valence-corrected chi connectivity index (χ3v) is 6.45. The van der Waals surface area contributed by atoms with Gasteiger partial charge in [-0.1, -0.05) is 12.1 Å². The van der Waals surface area contributed by atoms with Gasteiger partial charge in [0.25, 0.3) is 5.91 Å². The molecular formula is C18H20BrNO5S. The Morgan fingerprint density at radius 1 is 1.35 bits per heavy atom. The predicted molar refractivity (Wildman–Crippen MR) is 101 cm³/mol. The van der Waals surface area contributed by atoms with E-state index in [1.54, 1.807) is 23.1 Å². The molecule has 6 nitrogen and oxygen atoms in total. The Hall–Kier alpha value is -1.80. The summed E-state index contributed by atoms with van der Waals surface area (Å²) < 4.78 is 35.3. The van der Waals surface area contributed by atoms with Gasteiger partial charge in [-0.25, -0.2) is 8.42 Å². The van der Waals surface area contributed by atoms with E-state index in [-0.39, 0.29) is 36.6 Å². The molecule has 1 aliphatic heterocycles. The van der Waals surface area contributed by atoms with Gasteiger partial charge in [-0.3, -0.25) is 4.79 Å². The van der Waals surface area contributed by atoms with E-state index in [4.69, 9.17) is 9.15 Å². The molecule has 26 heavy (non-hydrogen) atoms. The van der Waals surface area contributed by atoms with Crippen LogP contribution in [0.25, 0.3) is 0 Å². The predicted octanol–water partition coefficient (Wildman–Crippen LogP) is 2.95. The monoisotopic (exact) mass is 441 g/mol. The number of ether oxygens (including phenoxy) is 1. The van der Waals surface area contributed by atoms with Crippen LogP contribution in [0.2, 0.25) is 0 Å². The number of carbonyl (C=O) groups is 1. The average Bonchev–Trinajstić information content (AvgIpc) is 3.15. The molecule has 0 bridgehead atoms. The molecule has 1 fully saturated rings. The van der Waals surface area contributed by atoms with Gasteiger partial charge in [0.1, 0.15) is 11.5 Å². The van der Waals surface area contributed by atoms with Crippen molar-refractivity contribution in [1.82, 2.24) is 4.90 Å². The first-order valence-corrected chi connectivity index (χ1v) is 10.9. The standard InChI is InChI=1S/C18H20BrNO5S/c1-13-3-2-4-15(9-13)24-11-18(21)20(10-16-5-6-17(19)25-16)14-7-8-26(22,23)12-14/h2-6,9,14H,7-8,10-12H2,1H3. The molecule has 2 aromatic rings. The molecule has 1 amide bonds. The van der Waals surface area contributed by atoms with E-state index in [0.29, 0.717) is 22.6 Å². The van der Waals surface area contributed by atoms with Crippen LogP contribution < -0.4 is 4.74 Å². The molecule has 140 valence electrons. The normalized spacial score (nSPS) is 18.6. The van der Waals surface area contributed by atoms with Gasteiger partial charge in [0, 0.05) is 6.04 Å². The number of nitrogens with zero attached hydrogens (tertiary/aromatic N) is 1. The van der Waals surface area contributed by atoms with Gasteiger partial charge in [-0.15, -0.1) is 0 Å². The summed E-state index contributed by atoms with van der Waals surface area (Å²) >= 11 is 3.24. The number of halogens is 1. The summed E-state index contributed by atoms with van der Waals surface area (Å²) in [5, 5.41) is 0. The molecular weight excluding hydrogens is 422 g/mol. The molecule has 1 aromatic carbocycles. The van der Waals surface area contributed by atoms with Crippen LogP contribution in [0.3, 0.4) is 0 Å². The lowest BCUT2D eigenvalue weighted by Gasteiger charge is -2.27. The minimum Gasteiger partial charge on any atom is -0.484 e. The van der Waals surface area contributed by atoms with E-state index >= 15 is 0 Å². The van der Waals surface area contributed by atoms with E-state index in [2.05, 4.69) is 15.9 Å². The highest BCUT2D eigenvalue weighted by Gasteiger charge is 2.35. The first-order chi connectivity index (χ1) is 12.3. The molecule has 1 unspecified atom stereocenters. The Balaban J connectivity index is 1.72. The summed E-state index contributed by atoms with van der Waals surface area (Å²) in [6, 6.07) is 10.6. The van der Waals surface area contributed by atoms with Crippen molar-refractivity contribution in [2.75, 3.05) is 18.1 Å². The molecule has 2 heterocycles. The Morgan fingerprint density at radius 3 is 2.77 bits per heavy atom. The highest BCUT2D eigenvalue weighted by Crippen LogP contribution is 2.23.